The second-order valence-corrected chi connectivity index (χ2v) is 5.77. The fourth-order valence-corrected chi connectivity index (χ4v) is 2.76. The molecular weight excluding hydrogens is 316 g/mol. The van der Waals surface area contributed by atoms with Gasteiger partial charge in [-0.05, 0) is 18.1 Å². The van der Waals surface area contributed by atoms with Crippen LogP contribution in [0.3, 0.4) is 0 Å². The number of benzene rings is 2. The third-order valence-electron chi connectivity index (χ3n) is 4.15. The molecule has 126 valence electrons. The molecule has 0 N–H and O–H groups in total. The molecule has 1 fully saturated rings. The summed E-state index contributed by atoms with van der Waals surface area (Å²) in [5.74, 6) is -1.57. The molecule has 1 aliphatic rings. The smallest absolute Gasteiger partial charge is 0.263 e. The first kappa shape index (κ1) is 16.6. The van der Waals surface area contributed by atoms with Crippen LogP contribution in [0.15, 0.2) is 66.7 Å². The summed E-state index contributed by atoms with van der Waals surface area (Å²) in [6.07, 6.45) is 3.52. The fraction of sp³-hybridized carbons (Fsp3) is 0.150. The molecule has 25 heavy (non-hydrogen) atoms. The number of amides is 4. The average Bonchev–Trinajstić information content (AvgIpc) is 2.86. The van der Waals surface area contributed by atoms with E-state index < -0.39 is 23.9 Å². The van der Waals surface area contributed by atoms with Gasteiger partial charge in [-0.2, -0.15) is 0 Å². The molecule has 0 radical (unpaired) electrons. The molecule has 4 amide bonds. The van der Waals surface area contributed by atoms with Gasteiger partial charge in [0.05, 0.1) is 6.04 Å². The maximum absolute atomic E-state index is 12.6. The van der Waals surface area contributed by atoms with Crippen molar-refractivity contribution in [2.75, 3.05) is 6.54 Å². The number of nitrogens with zero attached hydrogens (tertiary/aromatic N) is 2. The van der Waals surface area contributed by atoms with Gasteiger partial charge in [-0.25, -0.2) is 9.69 Å². The minimum atomic E-state index is -0.787. The van der Waals surface area contributed by atoms with Crippen LogP contribution in [0.25, 0.3) is 6.08 Å². The van der Waals surface area contributed by atoms with Gasteiger partial charge in [0.25, 0.3) is 0 Å². The molecule has 0 bridgehead atoms. The molecule has 0 aromatic heterocycles. The Morgan fingerprint density at radius 3 is 2.12 bits per heavy atom. The largest absolute Gasteiger partial charge is 0.335 e. The molecule has 5 nitrogen and oxygen atoms in total. The second-order valence-electron chi connectivity index (χ2n) is 5.77. The topological polar surface area (TPSA) is 57.7 Å². The highest BCUT2D eigenvalue weighted by Gasteiger charge is 2.46. The van der Waals surface area contributed by atoms with Gasteiger partial charge in [0.1, 0.15) is 0 Å². The van der Waals surface area contributed by atoms with Crippen LogP contribution < -0.4 is 0 Å². The Balaban J connectivity index is 1.74. The van der Waals surface area contributed by atoms with Crippen molar-refractivity contribution in [1.82, 2.24) is 9.80 Å². The Bertz CT molecular complexity index is 815. The van der Waals surface area contributed by atoms with Crippen LogP contribution in [0.4, 0.5) is 4.79 Å². The van der Waals surface area contributed by atoms with Crippen molar-refractivity contribution < 1.29 is 14.4 Å². The summed E-state index contributed by atoms with van der Waals surface area (Å²) in [4.78, 5) is 39.0. The first-order valence-electron chi connectivity index (χ1n) is 8.05. The van der Waals surface area contributed by atoms with Gasteiger partial charge < -0.3 is 0 Å². The van der Waals surface area contributed by atoms with Gasteiger partial charge in [0.15, 0.2) is 0 Å². The zero-order valence-electron chi connectivity index (χ0n) is 13.8. The lowest BCUT2D eigenvalue weighted by Gasteiger charge is -2.22. The lowest BCUT2D eigenvalue weighted by molar-refractivity contribution is -0.143. The quantitative estimate of drug-likeness (QED) is 0.623. The van der Waals surface area contributed by atoms with Gasteiger partial charge in [0.2, 0.25) is 0 Å². The SMILES string of the molecule is C[C@@H](c1ccccc1)N1C(=O)C(=O)N(C/C=C/c2ccccc2)C1=O. The van der Waals surface area contributed by atoms with Gasteiger partial charge in [-0.1, -0.05) is 72.8 Å². The highest BCUT2D eigenvalue weighted by molar-refractivity contribution is 6.44. The zero-order valence-corrected chi connectivity index (χ0v) is 13.8. The second kappa shape index (κ2) is 7.13. The van der Waals surface area contributed by atoms with E-state index in [-0.39, 0.29) is 6.54 Å². The van der Waals surface area contributed by atoms with Crippen LogP contribution in [0.2, 0.25) is 0 Å². The molecule has 0 saturated carbocycles. The van der Waals surface area contributed by atoms with E-state index >= 15 is 0 Å². The molecule has 0 unspecified atom stereocenters. The van der Waals surface area contributed by atoms with Crippen molar-refractivity contribution in [3.8, 4) is 0 Å². The third-order valence-corrected chi connectivity index (χ3v) is 4.15. The van der Waals surface area contributed by atoms with Crippen LogP contribution in [0.1, 0.15) is 24.1 Å². The predicted octanol–water partition coefficient (Wildman–Crippen LogP) is 3.25. The summed E-state index contributed by atoms with van der Waals surface area (Å²) in [5.41, 5.74) is 1.76. The van der Waals surface area contributed by atoms with Gasteiger partial charge >= 0.3 is 17.8 Å². The number of rotatable bonds is 5. The summed E-state index contributed by atoms with van der Waals surface area (Å²) in [5, 5.41) is 0. The van der Waals surface area contributed by atoms with Gasteiger partial charge in [-0.3, -0.25) is 14.5 Å². The third kappa shape index (κ3) is 3.35. The molecule has 2 aromatic carbocycles. The van der Waals surface area contributed by atoms with Crippen LogP contribution in [0, 0.1) is 0 Å². The first-order chi connectivity index (χ1) is 12.1. The molecule has 3 rings (SSSR count). The van der Waals surface area contributed by atoms with Crippen molar-refractivity contribution in [3.05, 3.63) is 77.9 Å². The summed E-state index contributed by atoms with van der Waals surface area (Å²) >= 11 is 0. The maximum Gasteiger partial charge on any atom is 0.335 e. The highest BCUT2D eigenvalue weighted by atomic mass is 16.2. The van der Waals surface area contributed by atoms with E-state index in [0.717, 1.165) is 20.9 Å². The van der Waals surface area contributed by atoms with Crippen molar-refractivity contribution in [3.63, 3.8) is 0 Å². The van der Waals surface area contributed by atoms with Crippen LogP contribution >= 0.6 is 0 Å². The minimum absolute atomic E-state index is 0.0658. The van der Waals surface area contributed by atoms with Crippen molar-refractivity contribution >= 4 is 23.9 Å². The number of hydrogen-bond acceptors (Lipinski definition) is 3. The Labute approximate surface area is 146 Å². The summed E-state index contributed by atoms with van der Waals surface area (Å²) in [6, 6.07) is 17.6. The van der Waals surface area contributed by atoms with E-state index in [1.807, 2.05) is 66.7 Å². The van der Waals surface area contributed by atoms with E-state index in [1.54, 1.807) is 13.0 Å². The average molecular weight is 334 g/mol. The fourth-order valence-electron chi connectivity index (χ4n) is 2.76. The number of hydrogen-bond donors (Lipinski definition) is 0. The number of imide groups is 2. The molecular formula is C20H18N2O3. The lowest BCUT2D eigenvalue weighted by Crippen LogP contribution is -2.35. The molecule has 1 saturated heterocycles. The van der Waals surface area contributed by atoms with E-state index in [4.69, 9.17) is 0 Å². The van der Waals surface area contributed by atoms with Crippen LogP contribution in [-0.4, -0.2) is 34.2 Å². The first-order valence-corrected chi connectivity index (χ1v) is 8.05. The molecule has 1 aliphatic heterocycles. The molecule has 0 spiro atoms. The standard InChI is InChI=1S/C20H18N2O3/c1-15(17-12-6-3-7-13-17)22-19(24)18(23)21(20(22)25)14-8-11-16-9-4-2-5-10-16/h2-13,15H,14H2,1H3/b11-8+/t15-/m0/s1. The van der Waals surface area contributed by atoms with E-state index in [9.17, 15) is 14.4 Å². The molecule has 2 aromatic rings. The van der Waals surface area contributed by atoms with E-state index in [0.29, 0.717) is 0 Å². The maximum atomic E-state index is 12.6. The highest BCUT2D eigenvalue weighted by Crippen LogP contribution is 2.26. The van der Waals surface area contributed by atoms with Gasteiger partial charge in [0, 0.05) is 6.54 Å². The summed E-state index contributed by atoms with van der Waals surface area (Å²) < 4.78 is 0. The Morgan fingerprint density at radius 2 is 1.48 bits per heavy atom. The Morgan fingerprint density at radius 1 is 0.880 bits per heavy atom. The van der Waals surface area contributed by atoms with E-state index in [1.165, 1.54) is 0 Å². The molecule has 5 heteroatoms. The molecule has 0 aliphatic carbocycles. The van der Waals surface area contributed by atoms with Crippen LogP contribution in [-0.2, 0) is 9.59 Å². The molecule has 1 atom stereocenters. The Hall–Kier alpha value is -3.21. The number of urea groups is 1. The summed E-state index contributed by atoms with van der Waals surface area (Å²) in [6.45, 7) is 1.80. The lowest BCUT2D eigenvalue weighted by atomic mass is 10.1. The normalized spacial score (nSPS) is 16.1. The van der Waals surface area contributed by atoms with Crippen molar-refractivity contribution in [1.29, 1.82) is 0 Å². The summed E-state index contributed by atoms with van der Waals surface area (Å²) in [7, 11) is 0. The molecule has 1 heterocycles. The van der Waals surface area contributed by atoms with Crippen molar-refractivity contribution in [2.45, 2.75) is 13.0 Å². The van der Waals surface area contributed by atoms with E-state index in [2.05, 4.69) is 0 Å². The predicted molar refractivity (Wildman–Crippen MR) is 94.3 cm³/mol. The number of carbonyl (C=O) groups is 3. The number of carbonyl (C=O) groups excluding carboxylic acids is 3. The zero-order chi connectivity index (χ0) is 17.8. The van der Waals surface area contributed by atoms with Crippen molar-refractivity contribution in [2.24, 2.45) is 0 Å². The Kier molecular flexibility index (Phi) is 4.75. The monoisotopic (exact) mass is 334 g/mol. The van der Waals surface area contributed by atoms with Crippen LogP contribution in [0.5, 0.6) is 0 Å². The van der Waals surface area contributed by atoms with Gasteiger partial charge in [-0.15, -0.1) is 0 Å². The minimum Gasteiger partial charge on any atom is -0.263 e.